The molecular weight excluding hydrogens is 540 g/mol. The third-order valence-electron chi connectivity index (χ3n) is 7.78. The lowest BCUT2D eigenvalue weighted by Gasteiger charge is -2.28. The Kier molecular flexibility index (Phi) is 10.6. The number of anilines is 1. The summed E-state index contributed by atoms with van der Waals surface area (Å²) < 4.78 is 2.78. The highest BCUT2D eigenvalue weighted by Crippen LogP contribution is 2.28. The number of aryl methyl sites for hydroxylation is 1. The molecule has 41 heavy (non-hydrogen) atoms. The molecule has 3 amide bonds. The van der Waals surface area contributed by atoms with E-state index in [-0.39, 0.29) is 42.6 Å². The van der Waals surface area contributed by atoms with Crippen LogP contribution in [0.25, 0.3) is 10.2 Å². The van der Waals surface area contributed by atoms with Crippen molar-refractivity contribution in [3.05, 3.63) is 53.0 Å². The molecule has 220 valence electrons. The molecule has 0 atom stereocenters. The van der Waals surface area contributed by atoms with Crippen LogP contribution in [-0.4, -0.2) is 52.5 Å². The average Bonchev–Trinajstić information content (AvgIpc) is 3.54. The summed E-state index contributed by atoms with van der Waals surface area (Å²) >= 11 is 1.54. The van der Waals surface area contributed by atoms with Gasteiger partial charge in [0, 0.05) is 37.2 Å². The number of carboxylic acid groups (broad SMARTS) is 1. The van der Waals surface area contributed by atoms with E-state index in [1.54, 1.807) is 16.2 Å². The van der Waals surface area contributed by atoms with E-state index in [1.165, 1.54) is 0 Å². The molecule has 9 nitrogen and oxygen atoms in total. The molecule has 0 saturated heterocycles. The van der Waals surface area contributed by atoms with E-state index in [1.807, 2.05) is 60.2 Å². The molecule has 2 heterocycles. The maximum atomic E-state index is 13.5. The minimum atomic E-state index is -0.791. The Labute approximate surface area is 244 Å². The SMILES string of the molecule is CCN(C(=O)Cn1c(C(=O)N[C@H]2CC[C@H](C(=O)NCCCCCC(=O)O)CC2)cc2sccc21)c1cccc(C)c1. The number of aromatic nitrogens is 1. The first kappa shape index (κ1) is 30.3. The molecule has 4 rings (SSSR count). The maximum Gasteiger partial charge on any atom is 0.303 e. The molecule has 1 aliphatic rings. The molecule has 1 fully saturated rings. The molecule has 1 aliphatic carbocycles. The highest BCUT2D eigenvalue weighted by atomic mass is 32.1. The number of carboxylic acids is 1. The van der Waals surface area contributed by atoms with E-state index in [0.717, 1.165) is 34.3 Å². The number of nitrogens with one attached hydrogen (secondary N) is 2. The summed E-state index contributed by atoms with van der Waals surface area (Å²) in [6.07, 6.45) is 5.16. The zero-order valence-electron chi connectivity index (χ0n) is 23.9. The Hall–Kier alpha value is -3.66. The van der Waals surface area contributed by atoms with Crippen molar-refractivity contribution in [2.24, 2.45) is 5.92 Å². The molecule has 0 unspecified atom stereocenters. The van der Waals surface area contributed by atoms with Gasteiger partial charge >= 0.3 is 5.97 Å². The Balaban J connectivity index is 1.32. The topological polar surface area (TPSA) is 121 Å². The van der Waals surface area contributed by atoms with Crippen LogP contribution in [0.15, 0.2) is 41.8 Å². The standard InChI is InChI=1S/C31H40N4O5S/c1-3-34(24-9-7-8-21(2)18-24)28(36)20-35-25-15-17-41-27(25)19-26(35)31(40)33-23-13-11-22(12-14-23)30(39)32-16-6-4-5-10-29(37)38/h7-9,15,17-19,22-23H,3-6,10-14,16,20H2,1-2H3,(H,32,39)(H,33,40)(H,37,38)/t22-,23-. The number of aliphatic carboxylic acids is 1. The fourth-order valence-corrected chi connectivity index (χ4v) is 6.37. The predicted molar refractivity (Wildman–Crippen MR) is 161 cm³/mol. The molecule has 3 aromatic rings. The number of likely N-dealkylation sites (N-methyl/N-ethyl adjacent to an activating group) is 1. The number of hydrogen-bond acceptors (Lipinski definition) is 5. The van der Waals surface area contributed by atoms with E-state index in [2.05, 4.69) is 10.6 Å². The number of rotatable bonds is 13. The molecule has 0 spiro atoms. The smallest absolute Gasteiger partial charge is 0.303 e. The zero-order chi connectivity index (χ0) is 29.4. The van der Waals surface area contributed by atoms with Gasteiger partial charge in [0.25, 0.3) is 5.91 Å². The highest BCUT2D eigenvalue weighted by molar-refractivity contribution is 7.17. The number of hydrogen-bond donors (Lipinski definition) is 3. The summed E-state index contributed by atoms with van der Waals surface area (Å²) in [4.78, 5) is 51.8. The third kappa shape index (κ3) is 7.97. The number of unbranched alkanes of at least 4 members (excludes halogenated alkanes) is 2. The zero-order valence-corrected chi connectivity index (χ0v) is 24.7. The van der Waals surface area contributed by atoms with Crippen LogP contribution in [0.2, 0.25) is 0 Å². The summed E-state index contributed by atoms with van der Waals surface area (Å²) in [5, 5.41) is 16.8. The lowest BCUT2D eigenvalue weighted by molar-refractivity contribution is -0.137. The van der Waals surface area contributed by atoms with Crippen LogP contribution in [0, 0.1) is 12.8 Å². The molecule has 1 aromatic carbocycles. The highest BCUT2D eigenvalue weighted by Gasteiger charge is 2.28. The summed E-state index contributed by atoms with van der Waals surface area (Å²) in [5.41, 5.74) is 3.27. The Morgan fingerprint density at radius 1 is 1.05 bits per heavy atom. The molecular formula is C31H40N4O5S. The van der Waals surface area contributed by atoms with Gasteiger partial charge in [-0.05, 0) is 87.6 Å². The first-order valence-electron chi connectivity index (χ1n) is 14.5. The van der Waals surface area contributed by atoms with Gasteiger partial charge < -0.3 is 25.2 Å². The number of nitrogens with zero attached hydrogens (tertiary/aromatic N) is 2. The van der Waals surface area contributed by atoms with Gasteiger partial charge in [0.1, 0.15) is 12.2 Å². The molecule has 3 N–H and O–H groups in total. The molecule has 0 aliphatic heterocycles. The van der Waals surface area contributed by atoms with Crippen molar-refractivity contribution in [1.82, 2.24) is 15.2 Å². The van der Waals surface area contributed by atoms with Crippen molar-refractivity contribution >= 4 is 50.9 Å². The van der Waals surface area contributed by atoms with Crippen molar-refractivity contribution in [3.8, 4) is 0 Å². The Bertz CT molecular complexity index is 1370. The maximum absolute atomic E-state index is 13.5. The summed E-state index contributed by atoms with van der Waals surface area (Å²) in [5.74, 6) is -1.11. The molecule has 0 bridgehead atoms. The second-order valence-corrected chi connectivity index (χ2v) is 11.7. The quantitative estimate of drug-likeness (QED) is 0.243. The minimum Gasteiger partial charge on any atom is -0.481 e. The summed E-state index contributed by atoms with van der Waals surface area (Å²) in [6.45, 7) is 5.09. The van der Waals surface area contributed by atoms with Gasteiger partial charge in [0.05, 0.1) is 10.2 Å². The van der Waals surface area contributed by atoms with E-state index in [4.69, 9.17) is 5.11 Å². The van der Waals surface area contributed by atoms with Crippen LogP contribution >= 0.6 is 11.3 Å². The number of thiophene rings is 1. The second kappa shape index (κ2) is 14.3. The molecule has 2 aromatic heterocycles. The van der Waals surface area contributed by atoms with Crippen molar-refractivity contribution in [3.63, 3.8) is 0 Å². The van der Waals surface area contributed by atoms with Gasteiger partial charge in [0.15, 0.2) is 0 Å². The van der Waals surface area contributed by atoms with Gasteiger partial charge in [0.2, 0.25) is 11.8 Å². The Morgan fingerprint density at radius 3 is 2.54 bits per heavy atom. The van der Waals surface area contributed by atoms with Gasteiger partial charge in [-0.25, -0.2) is 0 Å². The number of carbonyl (C=O) groups is 4. The van der Waals surface area contributed by atoms with E-state index in [9.17, 15) is 19.2 Å². The monoisotopic (exact) mass is 580 g/mol. The van der Waals surface area contributed by atoms with Crippen molar-refractivity contribution in [1.29, 1.82) is 0 Å². The second-order valence-electron chi connectivity index (χ2n) is 10.8. The normalized spacial score (nSPS) is 16.8. The number of carbonyl (C=O) groups excluding carboxylic acids is 3. The van der Waals surface area contributed by atoms with Crippen LogP contribution in [0.4, 0.5) is 5.69 Å². The Morgan fingerprint density at radius 2 is 1.83 bits per heavy atom. The van der Waals surface area contributed by atoms with Crippen LogP contribution in [0.3, 0.4) is 0 Å². The van der Waals surface area contributed by atoms with Crippen molar-refractivity contribution in [2.75, 3.05) is 18.0 Å². The van der Waals surface area contributed by atoms with Gasteiger partial charge in [-0.15, -0.1) is 11.3 Å². The lowest BCUT2D eigenvalue weighted by Crippen LogP contribution is -2.42. The predicted octanol–water partition coefficient (Wildman–Crippen LogP) is 5.11. The van der Waals surface area contributed by atoms with Gasteiger partial charge in [-0.1, -0.05) is 18.6 Å². The van der Waals surface area contributed by atoms with Crippen LogP contribution in [-0.2, 0) is 20.9 Å². The third-order valence-corrected chi connectivity index (χ3v) is 8.63. The first-order chi connectivity index (χ1) is 19.8. The van der Waals surface area contributed by atoms with E-state index in [0.29, 0.717) is 50.9 Å². The summed E-state index contributed by atoms with van der Waals surface area (Å²) in [7, 11) is 0. The number of amides is 3. The van der Waals surface area contributed by atoms with Crippen molar-refractivity contribution < 1.29 is 24.3 Å². The largest absolute Gasteiger partial charge is 0.481 e. The first-order valence-corrected chi connectivity index (χ1v) is 15.4. The van der Waals surface area contributed by atoms with Crippen LogP contribution < -0.4 is 15.5 Å². The van der Waals surface area contributed by atoms with E-state index < -0.39 is 5.97 Å². The molecule has 0 radical (unpaired) electrons. The van der Waals surface area contributed by atoms with Crippen molar-refractivity contribution in [2.45, 2.75) is 77.8 Å². The lowest BCUT2D eigenvalue weighted by atomic mass is 9.85. The van der Waals surface area contributed by atoms with E-state index >= 15 is 0 Å². The number of benzene rings is 1. The van der Waals surface area contributed by atoms with Crippen LogP contribution in [0.1, 0.15) is 74.3 Å². The van der Waals surface area contributed by atoms with Crippen LogP contribution in [0.5, 0.6) is 0 Å². The van der Waals surface area contributed by atoms with Gasteiger partial charge in [-0.2, -0.15) is 0 Å². The molecule has 10 heteroatoms. The molecule has 1 saturated carbocycles. The summed E-state index contributed by atoms with van der Waals surface area (Å²) in [6, 6.07) is 11.6. The average molecular weight is 581 g/mol. The fourth-order valence-electron chi connectivity index (χ4n) is 5.55. The fraction of sp³-hybridized carbons (Fsp3) is 0.484. The minimum absolute atomic E-state index is 0.0286. The van der Waals surface area contributed by atoms with Gasteiger partial charge in [-0.3, -0.25) is 19.2 Å². The number of fused-ring (bicyclic) bond motifs is 1.